The number of rotatable bonds is 23. The van der Waals surface area contributed by atoms with Crippen molar-refractivity contribution in [3.05, 3.63) is 205 Å². The minimum absolute atomic E-state index is 0.0976. The molecular formula is C77H84ClN19O7S. The van der Waals surface area contributed by atoms with Gasteiger partial charge >= 0.3 is 0 Å². The molecular weight excluding hydrogens is 1370 g/mol. The van der Waals surface area contributed by atoms with Crippen LogP contribution in [0.5, 0.6) is 23.0 Å². The van der Waals surface area contributed by atoms with Crippen molar-refractivity contribution in [3.63, 3.8) is 0 Å². The van der Waals surface area contributed by atoms with Crippen molar-refractivity contribution in [3.8, 4) is 34.1 Å². The van der Waals surface area contributed by atoms with Gasteiger partial charge in [-0.3, -0.25) is 19.2 Å². The van der Waals surface area contributed by atoms with Crippen LogP contribution >= 0.6 is 22.9 Å². The number of ketones is 2. The van der Waals surface area contributed by atoms with E-state index in [1.165, 1.54) is 35.8 Å². The lowest BCUT2D eigenvalue weighted by atomic mass is 10.0. The fraction of sp³-hybridized carbons (Fsp3) is 0.260. The number of piperazine rings is 3. The Bertz CT molecular complexity index is 4790. The van der Waals surface area contributed by atoms with Crippen LogP contribution in [0.4, 0.5) is 62.7 Å². The van der Waals surface area contributed by atoms with Gasteiger partial charge in [0.1, 0.15) is 33.7 Å². The predicted molar refractivity (Wildman–Crippen MR) is 418 cm³/mol. The molecule has 9 heterocycles. The Kier molecular flexibility index (Phi) is 24.9. The van der Waals surface area contributed by atoms with E-state index in [-0.39, 0.29) is 34.8 Å². The second-order valence-electron chi connectivity index (χ2n) is 25.2. The fourth-order valence-electron chi connectivity index (χ4n) is 11.7. The monoisotopic (exact) mass is 1450 g/mol. The molecule has 0 saturated carbocycles. The molecule has 105 heavy (non-hydrogen) atoms. The molecule has 0 spiro atoms. The number of carbonyl (C=O) groups is 4. The van der Waals surface area contributed by atoms with Crippen molar-refractivity contribution >= 4 is 120 Å². The zero-order valence-corrected chi connectivity index (χ0v) is 61.3. The van der Waals surface area contributed by atoms with Crippen LogP contribution in [0.25, 0.3) is 22.2 Å². The summed E-state index contributed by atoms with van der Waals surface area (Å²) < 4.78 is 19.2. The minimum Gasteiger partial charge on any atom is -0.494 e. The molecule has 0 radical (unpaired) electrons. The van der Waals surface area contributed by atoms with E-state index < -0.39 is 0 Å². The van der Waals surface area contributed by atoms with E-state index in [2.05, 4.69) is 139 Å². The van der Waals surface area contributed by atoms with Gasteiger partial charge in [-0.25, -0.2) is 24.9 Å². The second kappa shape index (κ2) is 35.0. The fourth-order valence-corrected chi connectivity index (χ4v) is 12.6. The molecule has 6 aromatic heterocycles. The molecule has 28 heteroatoms. The zero-order valence-electron chi connectivity index (χ0n) is 59.7. The number of aromatic nitrogens is 8. The van der Waals surface area contributed by atoms with Crippen LogP contribution in [0.1, 0.15) is 26.5 Å². The van der Waals surface area contributed by atoms with Crippen LogP contribution in [-0.2, 0) is 27.9 Å². The Morgan fingerprint density at radius 3 is 1.83 bits per heavy atom. The first-order valence-corrected chi connectivity index (χ1v) is 35.2. The molecule has 0 aliphatic carbocycles. The van der Waals surface area contributed by atoms with Crippen LogP contribution < -0.4 is 55.5 Å². The number of methoxy groups -OCH3 is 2. The zero-order chi connectivity index (χ0) is 74.1. The maximum absolute atomic E-state index is 12.9. The Balaban J connectivity index is 0.000000158. The van der Waals surface area contributed by atoms with Crippen molar-refractivity contribution in [1.29, 1.82) is 0 Å². The number of carbonyl (C=O) groups excluding carboxylic acids is 4. The first kappa shape index (κ1) is 74.6. The first-order chi connectivity index (χ1) is 50.8. The number of pyridine rings is 3. The summed E-state index contributed by atoms with van der Waals surface area (Å²) in [6.45, 7) is 24.4. The van der Waals surface area contributed by atoms with Gasteiger partial charge in [-0.1, -0.05) is 79.1 Å². The number of aryl methyl sites for hydroxylation is 2. The SMILES string of the molecule is C=CC(=O)Cc1cccc(C(=O)c2nnc(Nc3ccc(N4CCN(C)CC4)cc3OC)s2)c1.C=CC(=O)Nc1cccc(-c2cn(C)c3cnc(Nc4ncc(N5CCN(C)CC5)cc4OC)nc23)c1.C=CC(=O)Nc1cccc(Oc2cc(Nc3ncc(N4CCN(C)CC4)cc3C)ncc2Cl)c1. The normalized spacial score (nSPS) is 14.0. The molecule has 542 valence electrons. The minimum atomic E-state index is -0.299. The molecule has 2 amide bonds. The summed E-state index contributed by atoms with van der Waals surface area (Å²) in [5, 5.41) is 24.5. The number of hydrogen-bond donors (Lipinski definition) is 5. The standard InChI is InChI=1S/C27H30N8O2.C25H27ClN6O2.C25H27N5O3S/c1-5-24(36)30-19-8-6-7-18(13-19)21-17-34(3)22-16-29-27(31-25(21)22)32-26-23(37-4)14-20(15-28-26)35-11-9-33(2)10-12-35;1-4-24(33)29-18-6-5-7-20(13-18)34-22-14-23(27-16-21(22)26)30-25-17(2)12-19(15-28-25)32-10-8-31(3)9-11-32;1-4-20(31)15-17-6-5-7-18(14-17)23(32)24-27-28-25(34-24)26-21-9-8-19(16-22(21)33-3)30-12-10-29(2)11-13-30/h5-8,13-17H,1,9-12H2,2-4H3,(H,30,36)(H,28,29,31,32);4-7,12-16H,1,8-11H2,2-3H3,(H,29,33)(H,27,28,30);4-9,14,16H,1,10-13,15H2,2-3H3,(H,26,28). The van der Waals surface area contributed by atoms with Gasteiger partial charge in [0.25, 0.3) is 0 Å². The van der Waals surface area contributed by atoms with Gasteiger partial charge in [0.2, 0.25) is 28.7 Å². The van der Waals surface area contributed by atoms with E-state index in [0.717, 1.165) is 135 Å². The van der Waals surface area contributed by atoms with Gasteiger partial charge in [0.15, 0.2) is 28.1 Å². The third-order valence-electron chi connectivity index (χ3n) is 17.7. The third-order valence-corrected chi connectivity index (χ3v) is 18.9. The van der Waals surface area contributed by atoms with Crippen molar-refractivity contribution in [2.24, 2.45) is 7.05 Å². The summed E-state index contributed by atoms with van der Waals surface area (Å²) in [5.74, 6) is 3.60. The van der Waals surface area contributed by atoms with Crippen LogP contribution in [0.2, 0.25) is 5.02 Å². The van der Waals surface area contributed by atoms with Crippen LogP contribution in [0.3, 0.4) is 0 Å². The van der Waals surface area contributed by atoms with E-state index in [4.69, 9.17) is 30.8 Å². The van der Waals surface area contributed by atoms with Crippen molar-refractivity contribution in [2.45, 2.75) is 13.3 Å². The number of nitrogens with zero attached hydrogens (tertiary/aromatic N) is 14. The molecule has 4 aromatic carbocycles. The smallest absolute Gasteiger partial charge is 0.247 e. The number of halogens is 1. The summed E-state index contributed by atoms with van der Waals surface area (Å²) in [7, 11) is 11.6. The molecule has 0 unspecified atom stereocenters. The number of hydrogen-bond acceptors (Lipinski definition) is 24. The highest BCUT2D eigenvalue weighted by Crippen LogP contribution is 2.37. The summed E-state index contributed by atoms with van der Waals surface area (Å²) in [6, 6.07) is 33.5. The number of likely N-dealkylation sites (N-methyl/N-ethyl adjacent to an activating group) is 3. The third kappa shape index (κ3) is 19.6. The number of ether oxygens (including phenoxy) is 3. The lowest BCUT2D eigenvalue weighted by Gasteiger charge is -2.34. The Hall–Kier alpha value is -11.6. The van der Waals surface area contributed by atoms with E-state index in [1.807, 2.05) is 85.7 Å². The van der Waals surface area contributed by atoms with Gasteiger partial charge in [0.05, 0.1) is 61.6 Å². The molecule has 3 aliphatic heterocycles. The van der Waals surface area contributed by atoms with Crippen LogP contribution in [0.15, 0.2) is 178 Å². The highest BCUT2D eigenvalue weighted by atomic mass is 35.5. The van der Waals surface area contributed by atoms with Crippen LogP contribution in [0, 0.1) is 6.92 Å². The van der Waals surface area contributed by atoms with E-state index in [0.29, 0.717) is 73.5 Å². The maximum Gasteiger partial charge on any atom is 0.247 e. The number of allylic oxidation sites excluding steroid dienone is 1. The van der Waals surface area contributed by atoms with Crippen molar-refractivity contribution < 1.29 is 33.4 Å². The molecule has 3 saturated heterocycles. The summed E-state index contributed by atoms with van der Waals surface area (Å²) in [5.41, 5.74) is 11.0. The van der Waals surface area contributed by atoms with Crippen LogP contribution in [-0.4, -0.2) is 192 Å². The number of amides is 2. The molecule has 0 atom stereocenters. The van der Waals surface area contributed by atoms with E-state index >= 15 is 0 Å². The van der Waals surface area contributed by atoms with Gasteiger partial charge in [0, 0.05) is 151 Å². The van der Waals surface area contributed by atoms with E-state index in [9.17, 15) is 19.2 Å². The predicted octanol–water partition coefficient (Wildman–Crippen LogP) is 12.1. The topological polar surface area (TPSA) is 271 Å². The average Bonchev–Trinajstić information content (AvgIpc) is 1.65. The Labute approximate surface area is 619 Å². The number of benzene rings is 4. The molecule has 3 aliphatic rings. The summed E-state index contributed by atoms with van der Waals surface area (Å²) >= 11 is 7.49. The second-order valence-corrected chi connectivity index (χ2v) is 26.6. The Morgan fingerprint density at radius 2 is 1.19 bits per heavy atom. The van der Waals surface area contributed by atoms with Gasteiger partial charge in [-0.05, 0) is 112 Å². The number of fused-ring (bicyclic) bond motifs is 1. The molecule has 26 nitrogen and oxygen atoms in total. The van der Waals surface area contributed by atoms with Gasteiger partial charge < -0.3 is 74.8 Å². The van der Waals surface area contributed by atoms with Gasteiger partial charge in [-0.15, -0.1) is 10.2 Å². The lowest BCUT2D eigenvalue weighted by molar-refractivity contribution is -0.114. The van der Waals surface area contributed by atoms with E-state index in [1.54, 1.807) is 68.9 Å². The maximum atomic E-state index is 12.9. The summed E-state index contributed by atoms with van der Waals surface area (Å²) in [4.78, 5) is 84.8. The highest BCUT2D eigenvalue weighted by molar-refractivity contribution is 7.17. The quantitative estimate of drug-likeness (QED) is 0.0294. The number of nitrogens with one attached hydrogen (secondary N) is 5. The lowest BCUT2D eigenvalue weighted by Crippen LogP contribution is -2.44. The molecule has 5 N–H and O–H groups in total. The highest BCUT2D eigenvalue weighted by Gasteiger charge is 2.23. The van der Waals surface area contributed by atoms with Gasteiger partial charge in [-0.2, -0.15) is 0 Å². The molecule has 13 rings (SSSR count). The largest absolute Gasteiger partial charge is 0.494 e. The van der Waals surface area contributed by atoms with Crippen molar-refractivity contribution in [1.82, 2.24) is 54.4 Å². The first-order valence-electron chi connectivity index (χ1n) is 34.0. The molecule has 10 aromatic rings. The number of anilines is 11. The summed E-state index contributed by atoms with van der Waals surface area (Å²) in [6.07, 6.45) is 13.0. The molecule has 3 fully saturated rings. The molecule has 0 bridgehead atoms. The Morgan fingerprint density at radius 1 is 0.581 bits per heavy atom. The average molecular weight is 1460 g/mol. The van der Waals surface area contributed by atoms with Crippen molar-refractivity contribution in [2.75, 3.05) is 155 Å².